The van der Waals surface area contributed by atoms with Gasteiger partial charge in [0.2, 0.25) is 0 Å². The fraction of sp³-hybridized carbons (Fsp3) is 0.208. The normalized spacial score (nSPS) is 12.0. The van der Waals surface area contributed by atoms with Gasteiger partial charge in [-0.1, -0.05) is 72.3 Å². The van der Waals surface area contributed by atoms with E-state index in [4.69, 9.17) is 16.3 Å². The average molecular weight is 395 g/mol. The highest BCUT2D eigenvalue weighted by atomic mass is 35.5. The van der Waals surface area contributed by atoms with Crippen LogP contribution < -0.4 is 4.90 Å². The second-order valence-electron chi connectivity index (χ2n) is 7.00. The zero-order valence-electron chi connectivity index (χ0n) is 16.0. The smallest absolute Gasteiger partial charge is 0.338 e. The summed E-state index contributed by atoms with van der Waals surface area (Å²) in [5, 5.41) is 0.603. The minimum Gasteiger partial charge on any atom is -0.453 e. The molecular formula is C24H25ClNO2+. The number of carbonyl (C=O) groups is 1. The third kappa shape index (κ3) is 6.22. The van der Waals surface area contributed by atoms with Gasteiger partial charge in [-0.2, -0.15) is 0 Å². The molecule has 1 N–H and O–H groups in total. The van der Waals surface area contributed by atoms with Gasteiger partial charge in [0, 0.05) is 16.1 Å². The molecule has 0 radical (unpaired) electrons. The summed E-state index contributed by atoms with van der Waals surface area (Å²) in [6, 6.07) is 27.6. The van der Waals surface area contributed by atoms with Gasteiger partial charge in [-0.3, -0.25) is 0 Å². The van der Waals surface area contributed by atoms with Crippen LogP contribution in [0.25, 0.3) is 0 Å². The summed E-state index contributed by atoms with van der Waals surface area (Å²) < 4.78 is 5.68. The maximum Gasteiger partial charge on any atom is 0.338 e. The van der Waals surface area contributed by atoms with Crippen LogP contribution >= 0.6 is 11.6 Å². The van der Waals surface area contributed by atoms with E-state index in [1.54, 1.807) is 24.3 Å². The zero-order valence-corrected chi connectivity index (χ0v) is 16.7. The molecule has 0 aliphatic rings. The summed E-state index contributed by atoms with van der Waals surface area (Å²) in [6.07, 6.45) is -0.203. The Morgan fingerprint density at radius 2 is 1.36 bits per heavy atom. The quantitative estimate of drug-likeness (QED) is 0.581. The lowest BCUT2D eigenvalue weighted by Crippen LogP contribution is -3.10. The molecule has 0 unspecified atom stereocenters. The van der Waals surface area contributed by atoms with Crippen molar-refractivity contribution in [3.05, 3.63) is 107 Å². The standard InChI is InChI=1S/C24H24ClNO2/c1-19(28-24(27)22-12-14-23(25)15-13-22)16-26(17-20-8-4-2-5-9-20)18-21-10-6-3-7-11-21/h2-15,19H,16-18H2,1H3/p+1/t19-/m0/s1. The number of benzene rings is 3. The van der Waals surface area contributed by atoms with Gasteiger partial charge < -0.3 is 9.64 Å². The Hall–Kier alpha value is -2.62. The number of carbonyl (C=O) groups excluding carboxylic acids is 1. The summed E-state index contributed by atoms with van der Waals surface area (Å²) in [6.45, 7) is 4.42. The van der Waals surface area contributed by atoms with Crippen LogP contribution in [0.1, 0.15) is 28.4 Å². The van der Waals surface area contributed by atoms with Crippen LogP contribution in [0, 0.1) is 0 Å². The molecule has 0 saturated heterocycles. The van der Waals surface area contributed by atoms with Gasteiger partial charge in [-0.15, -0.1) is 0 Å². The van der Waals surface area contributed by atoms with Crippen molar-refractivity contribution < 1.29 is 14.4 Å². The van der Waals surface area contributed by atoms with E-state index in [-0.39, 0.29) is 12.1 Å². The van der Waals surface area contributed by atoms with Crippen molar-refractivity contribution in [2.45, 2.75) is 26.1 Å². The van der Waals surface area contributed by atoms with E-state index in [0.717, 1.165) is 19.6 Å². The maximum absolute atomic E-state index is 12.4. The summed E-state index contributed by atoms with van der Waals surface area (Å²) >= 11 is 5.89. The number of esters is 1. The third-order valence-electron chi connectivity index (χ3n) is 4.56. The molecule has 0 heterocycles. The number of rotatable bonds is 8. The molecule has 144 valence electrons. The van der Waals surface area contributed by atoms with Crippen molar-refractivity contribution in [1.29, 1.82) is 0 Å². The van der Waals surface area contributed by atoms with Crippen LogP contribution in [0.4, 0.5) is 0 Å². The molecular weight excluding hydrogens is 370 g/mol. The van der Waals surface area contributed by atoms with Crippen molar-refractivity contribution >= 4 is 17.6 Å². The van der Waals surface area contributed by atoms with Crippen molar-refractivity contribution in [2.75, 3.05) is 6.54 Å². The third-order valence-corrected chi connectivity index (χ3v) is 4.81. The molecule has 1 atom stereocenters. The van der Waals surface area contributed by atoms with Crippen molar-refractivity contribution in [3.8, 4) is 0 Å². The Morgan fingerprint density at radius 3 is 1.86 bits per heavy atom. The Morgan fingerprint density at radius 1 is 0.857 bits per heavy atom. The van der Waals surface area contributed by atoms with Gasteiger partial charge in [0.05, 0.1) is 5.56 Å². The minimum atomic E-state index is -0.317. The topological polar surface area (TPSA) is 30.7 Å². The van der Waals surface area contributed by atoms with Gasteiger partial charge >= 0.3 is 5.97 Å². The SMILES string of the molecule is C[C@@H](C[NH+](Cc1ccccc1)Cc1ccccc1)OC(=O)c1ccc(Cl)cc1. The van der Waals surface area contributed by atoms with Gasteiger partial charge in [0.15, 0.2) is 0 Å². The first-order chi connectivity index (χ1) is 13.6. The number of hydrogen-bond acceptors (Lipinski definition) is 2. The first-order valence-electron chi connectivity index (χ1n) is 9.48. The second kappa shape index (κ2) is 10.1. The first kappa shape index (κ1) is 20.1. The molecule has 0 spiro atoms. The average Bonchev–Trinajstić information content (AvgIpc) is 2.70. The molecule has 0 aliphatic carbocycles. The van der Waals surface area contributed by atoms with Crippen LogP contribution in [0.5, 0.6) is 0 Å². The molecule has 0 aromatic heterocycles. The van der Waals surface area contributed by atoms with Gasteiger partial charge in [0.25, 0.3) is 0 Å². The number of nitrogens with one attached hydrogen (secondary N) is 1. The molecule has 3 rings (SSSR count). The predicted octanol–water partition coefficient (Wildman–Crippen LogP) is 4.17. The van der Waals surface area contributed by atoms with E-state index in [0.29, 0.717) is 10.6 Å². The van der Waals surface area contributed by atoms with E-state index in [1.165, 1.54) is 16.0 Å². The van der Waals surface area contributed by atoms with Crippen molar-refractivity contribution in [2.24, 2.45) is 0 Å². The molecule has 0 fully saturated rings. The Labute approximate surface area is 171 Å². The summed E-state index contributed by atoms with van der Waals surface area (Å²) in [7, 11) is 0. The molecule has 3 aromatic carbocycles. The van der Waals surface area contributed by atoms with E-state index < -0.39 is 0 Å². The van der Waals surface area contributed by atoms with Crippen molar-refractivity contribution in [3.63, 3.8) is 0 Å². The van der Waals surface area contributed by atoms with Gasteiger partial charge in [-0.25, -0.2) is 4.79 Å². The number of halogens is 1. The fourth-order valence-electron chi connectivity index (χ4n) is 3.26. The van der Waals surface area contributed by atoms with E-state index in [9.17, 15) is 4.79 Å². The lowest BCUT2D eigenvalue weighted by Gasteiger charge is -2.23. The molecule has 0 saturated carbocycles. The lowest BCUT2D eigenvalue weighted by molar-refractivity contribution is -0.930. The fourth-order valence-corrected chi connectivity index (χ4v) is 3.39. The summed E-state index contributed by atoms with van der Waals surface area (Å²) in [5.74, 6) is -0.317. The number of quaternary nitrogens is 1. The highest BCUT2D eigenvalue weighted by Gasteiger charge is 2.19. The Kier molecular flexibility index (Phi) is 7.24. The molecule has 0 amide bonds. The summed E-state index contributed by atoms with van der Waals surface area (Å²) in [4.78, 5) is 13.7. The maximum atomic E-state index is 12.4. The molecule has 4 heteroatoms. The van der Waals surface area contributed by atoms with E-state index in [2.05, 4.69) is 48.5 Å². The highest BCUT2D eigenvalue weighted by Crippen LogP contribution is 2.11. The highest BCUT2D eigenvalue weighted by molar-refractivity contribution is 6.30. The Bertz CT molecular complexity index is 825. The second-order valence-corrected chi connectivity index (χ2v) is 7.44. The van der Waals surface area contributed by atoms with Crippen LogP contribution in [-0.2, 0) is 17.8 Å². The largest absolute Gasteiger partial charge is 0.453 e. The van der Waals surface area contributed by atoms with Crippen LogP contribution in [0.15, 0.2) is 84.9 Å². The Balaban J connectivity index is 1.65. The molecule has 0 aliphatic heterocycles. The molecule has 3 nitrogen and oxygen atoms in total. The summed E-state index contributed by atoms with van der Waals surface area (Å²) in [5.41, 5.74) is 3.05. The molecule has 0 bridgehead atoms. The number of ether oxygens (including phenoxy) is 1. The van der Waals surface area contributed by atoms with Gasteiger partial charge in [-0.05, 0) is 31.2 Å². The van der Waals surface area contributed by atoms with E-state index in [1.807, 2.05) is 19.1 Å². The van der Waals surface area contributed by atoms with E-state index >= 15 is 0 Å². The number of hydrogen-bond donors (Lipinski definition) is 1. The molecule has 3 aromatic rings. The minimum absolute atomic E-state index is 0.203. The van der Waals surface area contributed by atoms with Crippen LogP contribution in [0.2, 0.25) is 5.02 Å². The van der Waals surface area contributed by atoms with Gasteiger partial charge in [0.1, 0.15) is 25.7 Å². The van der Waals surface area contributed by atoms with Crippen LogP contribution in [-0.4, -0.2) is 18.6 Å². The lowest BCUT2D eigenvalue weighted by atomic mass is 10.1. The first-order valence-corrected chi connectivity index (χ1v) is 9.86. The van der Waals surface area contributed by atoms with Crippen molar-refractivity contribution in [1.82, 2.24) is 0 Å². The van der Waals surface area contributed by atoms with Crippen LogP contribution in [0.3, 0.4) is 0 Å². The monoisotopic (exact) mass is 394 g/mol. The molecule has 28 heavy (non-hydrogen) atoms. The zero-order chi connectivity index (χ0) is 19.8. The predicted molar refractivity (Wildman–Crippen MR) is 112 cm³/mol.